The van der Waals surface area contributed by atoms with Crippen molar-refractivity contribution in [1.82, 2.24) is 0 Å². The predicted molar refractivity (Wildman–Crippen MR) is 66.7 cm³/mol. The lowest BCUT2D eigenvalue weighted by Crippen LogP contribution is -2.02. The Balaban J connectivity index is 2.43. The molecule has 3 heteroatoms. The molecule has 0 fully saturated rings. The summed E-state index contributed by atoms with van der Waals surface area (Å²) >= 11 is 5.92. The van der Waals surface area contributed by atoms with Crippen molar-refractivity contribution in [3.8, 4) is 0 Å². The van der Waals surface area contributed by atoms with E-state index in [1.165, 1.54) is 6.07 Å². The van der Waals surface area contributed by atoms with E-state index in [0.717, 1.165) is 5.56 Å². The largest absolute Gasteiger partial charge is 0.384 e. The van der Waals surface area contributed by atoms with Crippen molar-refractivity contribution < 1.29 is 9.50 Å². The maximum absolute atomic E-state index is 13.5. The maximum Gasteiger partial charge on any atom is 0.129 e. The van der Waals surface area contributed by atoms with Crippen LogP contribution in [0.5, 0.6) is 0 Å². The lowest BCUT2D eigenvalue weighted by Gasteiger charge is -2.13. The van der Waals surface area contributed by atoms with E-state index in [9.17, 15) is 9.50 Å². The third-order valence-corrected chi connectivity index (χ3v) is 2.80. The Hall–Kier alpha value is -1.38. The number of benzene rings is 2. The second kappa shape index (κ2) is 4.86. The molecule has 88 valence electrons. The quantitative estimate of drug-likeness (QED) is 0.858. The molecule has 17 heavy (non-hydrogen) atoms. The minimum atomic E-state index is -0.992. The summed E-state index contributed by atoms with van der Waals surface area (Å²) < 4.78 is 13.5. The summed E-state index contributed by atoms with van der Waals surface area (Å²) in [6.45, 7) is 1.88. The summed E-state index contributed by atoms with van der Waals surface area (Å²) in [6, 6.07) is 11.4. The molecule has 0 aliphatic heterocycles. The van der Waals surface area contributed by atoms with Crippen LogP contribution in [0.4, 0.5) is 4.39 Å². The fourth-order valence-electron chi connectivity index (χ4n) is 1.80. The van der Waals surface area contributed by atoms with E-state index in [-0.39, 0.29) is 5.56 Å². The van der Waals surface area contributed by atoms with Crippen LogP contribution in [0.3, 0.4) is 0 Å². The molecule has 0 saturated heterocycles. The number of aliphatic hydroxyl groups excluding tert-OH is 1. The zero-order chi connectivity index (χ0) is 12.4. The standard InChI is InChI=1S/C14H12ClFO/c1-9-6-10(8-11(15)7-9)14(17)12-4-2-3-5-13(12)16/h2-8,14,17H,1H3. The van der Waals surface area contributed by atoms with Gasteiger partial charge >= 0.3 is 0 Å². The molecular weight excluding hydrogens is 239 g/mol. The van der Waals surface area contributed by atoms with Gasteiger partial charge in [-0.2, -0.15) is 0 Å². The highest BCUT2D eigenvalue weighted by molar-refractivity contribution is 6.30. The van der Waals surface area contributed by atoms with E-state index in [2.05, 4.69) is 0 Å². The van der Waals surface area contributed by atoms with Gasteiger partial charge in [-0.3, -0.25) is 0 Å². The fourth-order valence-corrected chi connectivity index (χ4v) is 2.10. The minimum Gasteiger partial charge on any atom is -0.384 e. The number of hydrogen-bond acceptors (Lipinski definition) is 1. The molecule has 0 aliphatic rings. The molecule has 0 bridgehead atoms. The van der Waals surface area contributed by atoms with Crippen LogP contribution < -0.4 is 0 Å². The van der Waals surface area contributed by atoms with Crippen LogP contribution in [0, 0.1) is 12.7 Å². The van der Waals surface area contributed by atoms with Crippen LogP contribution in [0.15, 0.2) is 42.5 Å². The molecule has 1 nitrogen and oxygen atoms in total. The van der Waals surface area contributed by atoms with Crippen LogP contribution >= 0.6 is 11.6 Å². The van der Waals surface area contributed by atoms with E-state index in [1.54, 1.807) is 36.4 Å². The monoisotopic (exact) mass is 250 g/mol. The normalized spacial score (nSPS) is 12.5. The van der Waals surface area contributed by atoms with Crippen molar-refractivity contribution in [2.24, 2.45) is 0 Å². The molecule has 2 rings (SSSR count). The highest BCUT2D eigenvalue weighted by Gasteiger charge is 2.15. The first-order valence-corrected chi connectivity index (χ1v) is 5.65. The first-order valence-electron chi connectivity index (χ1n) is 5.27. The molecule has 0 heterocycles. The summed E-state index contributed by atoms with van der Waals surface area (Å²) in [5.41, 5.74) is 1.79. The molecule has 2 aromatic rings. The van der Waals surface area contributed by atoms with Gasteiger partial charge in [-0.1, -0.05) is 35.9 Å². The van der Waals surface area contributed by atoms with Crippen LogP contribution in [0.1, 0.15) is 22.8 Å². The number of hydrogen-bond donors (Lipinski definition) is 1. The van der Waals surface area contributed by atoms with Gasteiger partial charge in [-0.25, -0.2) is 4.39 Å². The molecule has 0 aromatic heterocycles. The Morgan fingerprint density at radius 2 is 1.88 bits per heavy atom. The molecule has 0 saturated carbocycles. The summed E-state index contributed by atoms with van der Waals surface area (Å²) in [7, 11) is 0. The van der Waals surface area contributed by atoms with Gasteiger partial charge in [0.2, 0.25) is 0 Å². The molecule has 0 aliphatic carbocycles. The molecule has 1 atom stereocenters. The molecule has 0 radical (unpaired) electrons. The third-order valence-electron chi connectivity index (χ3n) is 2.58. The third kappa shape index (κ3) is 2.65. The van der Waals surface area contributed by atoms with Gasteiger partial charge in [-0.05, 0) is 36.2 Å². The Kier molecular flexibility index (Phi) is 3.46. The van der Waals surface area contributed by atoms with Crippen molar-refractivity contribution in [1.29, 1.82) is 0 Å². The van der Waals surface area contributed by atoms with Gasteiger partial charge in [0.05, 0.1) is 0 Å². The smallest absolute Gasteiger partial charge is 0.129 e. The van der Waals surface area contributed by atoms with Gasteiger partial charge < -0.3 is 5.11 Å². The fraction of sp³-hybridized carbons (Fsp3) is 0.143. The van der Waals surface area contributed by atoms with E-state index in [4.69, 9.17) is 11.6 Å². The highest BCUT2D eigenvalue weighted by atomic mass is 35.5. The van der Waals surface area contributed by atoms with Gasteiger partial charge in [0, 0.05) is 10.6 Å². The molecule has 1 N–H and O–H groups in total. The summed E-state index contributed by atoms with van der Waals surface area (Å²) in [5.74, 6) is -0.419. The van der Waals surface area contributed by atoms with Crippen molar-refractivity contribution in [2.75, 3.05) is 0 Å². The van der Waals surface area contributed by atoms with Gasteiger partial charge in [0.1, 0.15) is 11.9 Å². The lowest BCUT2D eigenvalue weighted by atomic mass is 10.00. The number of rotatable bonds is 2. The lowest BCUT2D eigenvalue weighted by molar-refractivity contribution is 0.215. The zero-order valence-corrected chi connectivity index (χ0v) is 10.1. The summed E-state index contributed by atoms with van der Waals surface area (Å²) in [6.07, 6.45) is -0.992. The van der Waals surface area contributed by atoms with E-state index < -0.39 is 11.9 Å². The number of aliphatic hydroxyl groups is 1. The predicted octanol–water partition coefficient (Wildman–Crippen LogP) is 3.87. The Morgan fingerprint density at radius 1 is 1.18 bits per heavy atom. The first kappa shape index (κ1) is 12.1. The second-order valence-corrected chi connectivity index (χ2v) is 4.42. The van der Waals surface area contributed by atoms with Gasteiger partial charge in [0.25, 0.3) is 0 Å². The van der Waals surface area contributed by atoms with Crippen LogP contribution in [0.2, 0.25) is 5.02 Å². The van der Waals surface area contributed by atoms with Crippen molar-refractivity contribution in [3.63, 3.8) is 0 Å². The van der Waals surface area contributed by atoms with Crippen molar-refractivity contribution >= 4 is 11.6 Å². The van der Waals surface area contributed by atoms with Crippen LogP contribution in [-0.2, 0) is 0 Å². The first-order chi connectivity index (χ1) is 8.08. The van der Waals surface area contributed by atoms with E-state index >= 15 is 0 Å². The molecular formula is C14H12ClFO. The molecule has 2 aromatic carbocycles. The van der Waals surface area contributed by atoms with Gasteiger partial charge in [0.15, 0.2) is 0 Å². The second-order valence-electron chi connectivity index (χ2n) is 3.99. The van der Waals surface area contributed by atoms with E-state index in [1.807, 2.05) is 6.92 Å². The summed E-state index contributed by atoms with van der Waals surface area (Å²) in [4.78, 5) is 0. The Bertz CT molecular complexity index is 519. The molecule has 0 amide bonds. The zero-order valence-electron chi connectivity index (χ0n) is 9.32. The summed E-state index contributed by atoms with van der Waals surface area (Å²) in [5, 5.41) is 10.7. The number of aryl methyl sites for hydroxylation is 1. The van der Waals surface area contributed by atoms with E-state index in [0.29, 0.717) is 10.6 Å². The number of halogens is 2. The molecule has 1 unspecified atom stereocenters. The minimum absolute atomic E-state index is 0.258. The van der Waals surface area contributed by atoms with Crippen LogP contribution in [-0.4, -0.2) is 5.11 Å². The highest BCUT2D eigenvalue weighted by Crippen LogP contribution is 2.27. The molecule has 0 spiro atoms. The Morgan fingerprint density at radius 3 is 2.53 bits per heavy atom. The Labute approximate surface area is 104 Å². The SMILES string of the molecule is Cc1cc(Cl)cc(C(O)c2ccccc2F)c1. The van der Waals surface area contributed by atoms with Crippen molar-refractivity contribution in [3.05, 3.63) is 70.0 Å². The van der Waals surface area contributed by atoms with Gasteiger partial charge in [-0.15, -0.1) is 0 Å². The van der Waals surface area contributed by atoms with Crippen molar-refractivity contribution in [2.45, 2.75) is 13.0 Å². The average molecular weight is 251 g/mol. The maximum atomic E-state index is 13.5. The topological polar surface area (TPSA) is 20.2 Å². The average Bonchev–Trinajstić information content (AvgIpc) is 2.27. The van der Waals surface area contributed by atoms with Crippen LogP contribution in [0.25, 0.3) is 0 Å².